The lowest BCUT2D eigenvalue weighted by Crippen LogP contribution is -2.13. The zero-order valence-electron chi connectivity index (χ0n) is 38.3. The molecular formula is C46H53BrF9N7O4S3. The monoisotopic (exact) mass is 1110 g/mol. The number of hydrogen-bond donors (Lipinski definition) is 5. The summed E-state index contributed by atoms with van der Waals surface area (Å²) in [7, 11) is 0. The van der Waals surface area contributed by atoms with Crippen LogP contribution in [0, 0.1) is 20.8 Å². The summed E-state index contributed by atoms with van der Waals surface area (Å²) in [5.74, 6) is 0.459. The van der Waals surface area contributed by atoms with Gasteiger partial charge in [-0.1, -0.05) is 69.3 Å². The van der Waals surface area contributed by atoms with E-state index in [9.17, 15) is 53.9 Å². The number of amides is 2. The highest BCUT2D eigenvalue weighted by atomic mass is 79.9. The van der Waals surface area contributed by atoms with Crippen molar-refractivity contribution in [3.63, 3.8) is 0 Å². The van der Waals surface area contributed by atoms with Gasteiger partial charge in [-0.15, -0.1) is 34.0 Å². The molecule has 70 heavy (non-hydrogen) atoms. The summed E-state index contributed by atoms with van der Waals surface area (Å²) in [6.45, 7) is 13.8. The Morgan fingerprint density at radius 2 is 0.886 bits per heavy atom. The number of nitrogens with two attached hydrogens (primary N) is 2. The van der Waals surface area contributed by atoms with Crippen molar-refractivity contribution in [1.82, 2.24) is 15.0 Å². The van der Waals surface area contributed by atoms with Crippen LogP contribution in [0.2, 0.25) is 0 Å². The molecule has 6 aromatic rings. The SMILES string of the molecule is C.CBr.CC(C)c1ncc(C(=O)O)s1.Cc1ccc(N)cc1C(F)(F)F.Cc1ccc(NC(=O)c2cnc(C(C)C)s2)cc1C(F)(F)F.Cc1ccc(NC(=O)c2cnc(C(C)N)s2)cc1C(F)(F)F. The first-order valence-corrected chi connectivity index (χ1v) is 24.1. The van der Waals surface area contributed by atoms with Crippen molar-refractivity contribution in [3.8, 4) is 0 Å². The van der Waals surface area contributed by atoms with E-state index in [1.54, 1.807) is 6.92 Å². The van der Waals surface area contributed by atoms with Gasteiger partial charge < -0.3 is 27.2 Å². The molecule has 0 saturated carbocycles. The van der Waals surface area contributed by atoms with Crippen LogP contribution in [0.4, 0.5) is 56.6 Å². The van der Waals surface area contributed by atoms with E-state index < -0.39 is 53.0 Å². The summed E-state index contributed by atoms with van der Waals surface area (Å²) >= 11 is 6.52. The summed E-state index contributed by atoms with van der Waals surface area (Å²) in [5, 5.41) is 15.7. The molecule has 0 bridgehead atoms. The van der Waals surface area contributed by atoms with Gasteiger partial charge in [-0.2, -0.15) is 39.5 Å². The Morgan fingerprint density at radius 1 is 0.571 bits per heavy atom. The van der Waals surface area contributed by atoms with Gasteiger partial charge in [0.2, 0.25) is 0 Å². The third-order valence-corrected chi connectivity index (χ3v) is 12.6. The minimum Gasteiger partial charge on any atom is -0.477 e. The largest absolute Gasteiger partial charge is 0.477 e. The zero-order chi connectivity index (χ0) is 52.8. The Bertz CT molecular complexity index is 2520. The predicted molar refractivity (Wildman–Crippen MR) is 265 cm³/mol. The normalized spacial score (nSPS) is 11.5. The van der Waals surface area contributed by atoms with Crippen molar-refractivity contribution < 1.29 is 59.0 Å². The van der Waals surface area contributed by atoms with E-state index in [1.807, 2.05) is 33.5 Å². The van der Waals surface area contributed by atoms with Crippen LogP contribution in [0.5, 0.6) is 0 Å². The highest BCUT2D eigenvalue weighted by molar-refractivity contribution is 9.08. The van der Waals surface area contributed by atoms with E-state index in [4.69, 9.17) is 16.6 Å². The first kappa shape index (κ1) is 62.6. The van der Waals surface area contributed by atoms with Crippen molar-refractivity contribution >= 4 is 84.8 Å². The number of anilines is 3. The first-order valence-electron chi connectivity index (χ1n) is 20.0. The van der Waals surface area contributed by atoms with Gasteiger partial charge in [0, 0.05) is 28.9 Å². The van der Waals surface area contributed by atoms with Crippen molar-refractivity contribution in [2.75, 3.05) is 22.2 Å². The van der Waals surface area contributed by atoms with E-state index in [2.05, 4.69) is 41.5 Å². The lowest BCUT2D eigenvalue weighted by atomic mass is 10.1. The molecule has 7 N–H and O–H groups in total. The van der Waals surface area contributed by atoms with Gasteiger partial charge >= 0.3 is 24.5 Å². The molecule has 6 rings (SSSR count). The second-order valence-corrected chi connectivity index (χ2v) is 18.3. The van der Waals surface area contributed by atoms with Crippen LogP contribution in [-0.2, 0) is 18.5 Å². The number of aromatic carboxylic acids is 1. The standard InChI is InChI=1S/C15H15F3N2OS.C14H14F3N3OS.C8H8F3N.C7H9NO2S.CH3Br.CH4/c1-8(2)14-19-7-12(22-14)13(21)20-10-5-4-9(3)11(6-10)15(16,17)18;1-7-3-4-9(5-10(7)14(15,16)17)20-12(21)11-6-19-13(22-11)8(2)18;1-5-2-3-6(12)4-7(5)8(9,10)11;1-4(2)6-8-3-5(11-6)7(9)10;1-2;/h4-8H,1-3H3,(H,20,21);3-6,8H,18H2,1-2H3,(H,20,21);2-4H,12H2,1H3;3-4H,1-2H3,(H,9,10);1H3;1H4. The number of carbonyl (C=O) groups excluding carboxylic acids is 2. The number of carbonyl (C=O) groups is 3. The lowest BCUT2D eigenvalue weighted by Gasteiger charge is -2.12. The van der Waals surface area contributed by atoms with Gasteiger partial charge in [0.05, 0.1) is 51.3 Å². The van der Waals surface area contributed by atoms with E-state index in [0.29, 0.717) is 25.6 Å². The molecule has 24 heteroatoms. The summed E-state index contributed by atoms with van der Waals surface area (Å²) in [6.07, 6.45) is -9.01. The molecule has 11 nitrogen and oxygen atoms in total. The van der Waals surface area contributed by atoms with Crippen molar-refractivity contribution in [1.29, 1.82) is 0 Å². The van der Waals surface area contributed by atoms with Crippen LogP contribution in [-0.4, -0.2) is 43.7 Å². The van der Waals surface area contributed by atoms with Crippen LogP contribution in [0.25, 0.3) is 0 Å². The first-order chi connectivity index (χ1) is 31.9. The number of hydrogen-bond acceptors (Lipinski definition) is 11. The van der Waals surface area contributed by atoms with Gasteiger partial charge in [-0.3, -0.25) is 9.59 Å². The molecule has 2 amide bonds. The number of thiazole rings is 3. The Balaban J connectivity index is 0.000000478. The summed E-state index contributed by atoms with van der Waals surface area (Å²) in [5.41, 5.74) is 9.43. The van der Waals surface area contributed by atoms with Gasteiger partial charge in [-0.05, 0) is 86.6 Å². The smallest absolute Gasteiger partial charge is 0.416 e. The second-order valence-electron chi connectivity index (χ2n) is 15.1. The molecule has 0 saturated heterocycles. The fraction of sp³-hybridized carbons (Fsp3) is 0.348. The van der Waals surface area contributed by atoms with Crippen LogP contribution < -0.4 is 22.1 Å². The zero-order valence-corrected chi connectivity index (χ0v) is 42.4. The van der Waals surface area contributed by atoms with Gasteiger partial charge in [0.25, 0.3) is 11.8 Å². The predicted octanol–water partition coefficient (Wildman–Crippen LogP) is 14.8. The summed E-state index contributed by atoms with van der Waals surface area (Å²) in [4.78, 5) is 47.6. The number of carboxylic acid groups (broad SMARTS) is 1. The van der Waals surface area contributed by atoms with E-state index >= 15 is 0 Å². The van der Waals surface area contributed by atoms with Crippen LogP contribution in [0.1, 0.15) is 137 Å². The fourth-order valence-electron chi connectivity index (χ4n) is 5.26. The molecule has 0 radical (unpaired) electrons. The Labute approximate surface area is 420 Å². The Morgan fingerprint density at radius 3 is 1.17 bits per heavy atom. The summed E-state index contributed by atoms with van der Waals surface area (Å²) in [6, 6.07) is 10.8. The minimum atomic E-state index is -4.46. The highest BCUT2D eigenvalue weighted by Crippen LogP contribution is 2.36. The molecule has 3 aromatic carbocycles. The number of nitrogens with one attached hydrogen (secondary N) is 2. The maximum absolute atomic E-state index is 12.9. The molecular weight excluding hydrogens is 1060 g/mol. The quantitative estimate of drug-likeness (QED) is 0.0562. The number of alkyl halides is 10. The van der Waals surface area contributed by atoms with E-state index in [-0.39, 0.29) is 53.1 Å². The van der Waals surface area contributed by atoms with Crippen LogP contribution in [0.15, 0.2) is 73.2 Å². The van der Waals surface area contributed by atoms with E-state index in [1.165, 1.54) is 98.4 Å². The molecule has 0 spiro atoms. The maximum atomic E-state index is 12.9. The number of carboxylic acids is 1. The van der Waals surface area contributed by atoms with Gasteiger partial charge in [-0.25, -0.2) is 19.7 Å². The van der Waals surface area contributed by atoms with Crippen molar-refractivity contribution in [3.05, 3.63) is 136 Å². The maximum Gasteiger partial charge on any atom is 0.416 e. The number of aromatic nitrogens is 3. The van der Waals surface area contributed by atoms with E-state index in [0.717, 1.165) is 39.6 Å². The highest BCUT2D eigenvalue weighted by Gasteiger charge is 2.34. The molecule has 384 valence electrons. The van der Waals surface area contributed by atoms with Crippen molar-refractivity contribution in [2.24, 2.45) is 5.73 Å². The van der Waals surface area contributed by atoms with Crippen molar-refractivity contribution in [2.45, 2.75) is 99.2 Å². The average Bonchev–Trinajstić information content (AvgIpc) is 4.06. The molecule has 0 aliphatic rings. The molecule has 1 unspecified atom stereocenters. The topological polar surface area (TPSA) is 186 Å². The number of halogens is 10. The average molecular weight is 1120 g/mol. The number of nitrogen functional groups attached to an aromatic ring is 1. The lowest BCUT2D eigenvalue weighted by molar-refractivity contribution is -0.138. The fourth-order valence-corrected chi connectivity index (χ4v) is 7.60. The van der Waals surface area contributed by atoms with Gasteiger partial charge in [0.15, 0.2) is 0 Å². The number of rotatable bonds is 8. The number of aryl methyl sites for hydroxylation is 3. The number of nitrogens with zero attached hydrogens (tertiary/aromatic N) is 3. The molecule has 0 fully saturated rings. The van der Waals surface area contributed by atoms with Gasteiger partial charge in [0.1, 0.15) is 19.6 Å². The molecule has 0 aliphatic heterocycles. The third-order valence-electron chi connectivity index (χ3n) is 8.78. The third kappa shape index (κ3) is 19.4. The molecule has 3 aromatic heterocycles. The number of benzene rings is 3. The minimum absolute atomic E-state index is 0. The summed E-state index contributed by atoms with van der Waals surface area (Å²) < 4.78 is 114. The Hall–Kier alpha value is -5.43. The molecule has 0 aliphatic carbocycles. The Kier molecular flexibility index (Phi) is 24.4. The molecule has 1 atom stereocenters. The second kappa shape index (κ2) is 27.2. The molecule has 3 heterocycles. The van der Waals surface area contributed by atoms with Crippen LogP contribution in [0.3, 0.4) is 0 Å². The van der Waals surface area contributed by atoms with Crippen LogP contribution >= 0.6 is 49.9 Å².